The van der Waals surface area contributed by atoms with E-state index in [9.17, 15) is 9.59 Å². The molecule has 4 nitrogen and oxygen atoms in total. The molecule has 1 heterocycles. The zero-order chi connectivity index (χ0) is 18.4. The summed E-state index contributed by atoms with van der Waals surface area (Å²) in [6, 6.07) is 8.23. The molecule has 0 radical (unpaired) electrons. The first kappa shape index (κ1) is 19.5. The molecule has 1 aromatic carbocycles. The van der Waals surface area contributed by atoms with Crippen LogP contribution >= 0.6 is 0 Å². The van der Waals surface area contributed by atoms with Crippen LogP contribution < -0.4 is 4.74 Å². The van der Waals surface area contributed by atoms with Gasteiger partial charge in [-0.2, -0.15) is 0 Å². The van der Waals surface area contributed by atoms with Gasteiger partial charge in [-0.15, -0.1) is 0 Å². The van der Waals surface area contributed by atoms with Crippen molar-refractivity contribution in [1.29, 1.82) is 0 Å². The molecule has 0 bridgehead atoms. The molecule has 0 atom stereocenters. The van der Waals surface area contributed by atoms with E-state index in [1.807, 2.05) is 17.0 Å². The van der Waals surface area contributed by atoms with E-state index in [1.54, 1.807) is 6.92 Å². The Morgan fingerprint density at radius 3 is 2.36 bits per heavy atom. The van der Waals surface area contributed by atoms with Crippen LogP contribution in [0.15, 0.2) is 24.3 Å². The summed E-state index contributed by atoms with van der Waals surface area (Å²) in [5.74, 6) is 1.27. The molecule has 0 N–H and O–H groups in total. The molecular formula is C21H31NO3. The average molecular weight is 345 g/mol. The fourth-order valence-electron chi connectivity index (χ4n) is 3.24. The number of piperidine rings is 1. The van der Waals surface area contributed by atoms with E-state index < -0.39 is 0 Å². The summed E-state index contributed by atoms with van der Waals surface area (Å²) in [4.78, 5) is 25.1. The molecule has 1 aliphatic heterocycles. The van der Waals surface area contributed by atoms with E-state index in [-0.39, 0.29) is 23.2 Å². The fraction of sp³-hybridized carbons (Fsp3) is 0.619. The Hall–Kier alpha value is -1.84. The molecule has 0 saturated carbocycles. The maximum atomic E-state index is 12.2. The largest absolute Gasteiger partial charge is 0.490 e. The molecule has 2 rings (SSSR count). The Morgan fingerprint density at radius 2 is 1.76 bits per heavy atom. The normalized spacial score (nSPS) is 15.9. The van der Waals surface area contributed by atoms with Gasteiger partial charge in [-0.25, -0.2) is 0 Å². The van der Waals surface area contributed by atoms with Gasteiger partial charge in [0.1, 0.15) is 17.6 Å². The summed E-state index contributed by atoms with van der Waals surface area (Å²) in [5.41, 5.74) is 1.27. The van der Waals surface area contributed by atoms with Crippen molar-refractivity contribution in [3.63, 3.8) is 0 Å². The van der Waals surface area contributed by atoms with Crippen LogP contribution in [0.3, 0.4) is 0 Å². The third kappa shape index (κ3) is 5.87. The number of hydrogen-bond acceptors (Lipinski definition) is 3. The van der Waals surface area contributed by atoms with Crippen LogP contribution in [0.1, 0.15) is 65.4 Å². The third-order valence-electron chi connectivity index (χ3n) is 4.70. The second kappa shape index (κ2) is 8.50. The Morgan fingerprint density at radius 1 is 1.12 bits per heavy atom. The quantitative estimate of drug-likeness (QED) is 0.779. The van der Waals surface area contributed by atoms with Crippen LogP contribution in [0.5, 0.6) is 5.75 Å². The Labute approximate surface area is 151 Å². The van der Waals surface area contributed by atoms with Crippen molar-refractivity contribution < 1.29 is 14.3 Å². The van der Waals surface area contributed by atoms with Gasteiger partial charge in [0.05, 0.1) is 0 Å². The smallest absolute Gasteiger partial charge is 0.222 e. The van der Waals surface area contributed by atoms with Crippen molar-refractivity contribution in [2.24, 2.45) is 0 Å². The highest BCUT2D eigenvalue weighted by atomic mass is 16.5. The SMILES string of the molecule is CC(=O)CCCC(=O)N1CCC(Oc2ccccc2C(C)(C)C)CC1. The Kier molecular flexibility index (Phi) is 6.63. The number of hydrogen-bond donors (Lipinski definition) is 0. The average Bonchev–Trinajstić information content (AvgIpc) is 2.54. The maximum Gasteiger partial charge on any atom is 0.222 e. The summed E-state index contributed by atoms with van der Waals surface area (Å²) >= 11 is 0. The minimum Gasteiger partial charge on any atom is -0.490 e. The molecule has 0 aromatic heterocycles. The predicted molar refractivity (Wildman–Crippen MR) is 99.9 cm³/mol. The van der Waals surface area contributed by atoms with Crippen LogP contribution in [-0.2, 0) is 15.0 Å². The molecule has 1 saturated heterocycles. The monoisotopic (exact) mass is 345 g/mol. The third-order valence-corrected chi connectivity index (χ3v) is 4.70. The van der Waals surface area contributed by atoms with E-state index in [2.05, 4.69) is 32.9 Å². The van der Waals surface area contributed by atoms with Crippen LogP contribution in [-0.4, -0.2) is 35.8 Å². The molecule has 138 valence electrons. The summed E-state index contributed by atoms with van der Waals surface area (Å²) in [7, 11) is 0. The van der Waals surface area contributed by atoms with Crippen molar-refractivity contribution in [1.82, 2.24) is 4.90 Å². The number of ether oxygens (including phenoxy) is 1. The Bertz CT molecular complexity index is 595. The van der Waals surface area contributed by atoms with Crippen molar-refractivity contribution in [3.05, 3.63) is 29.8 Å². The molecule has 4 heteroatoms. The molecule has 1 amide bonds. The van der Waals surface area contributed by atoms with Crippen LogP contribution in [0, 0.1) is 0 Å². The highest BCUT2D eigenvalue weighted by Crippen LogP contribution is 2.32. The zero-order valence-corrected chi connectivity index (χ0v) is 16.0. The summed E-state index contributed by atoms with van der Waals surface area (Å²) < 4.78 is 6.27. The summed E-state index contributed by atoms with van der Waals surface area (Å²) in [6.45, 7) is 9.62. The van der Waals surface area contributed by atoms with Crippen molar-refractivity contribution in [2.45, 2.75) is 71.3 Å². The van der Waals surface area contributed by atoms with Crippen LogP contribution in [0.4, 0.5) is 0 Å². The van der Waals surface area contributed by atoms with Gasteiger partial charge in [-0.05, 0) is 30.4 Å². The number of amides is 1. The van der Waals surface area contributed by atoms with Gasteiger partial charge in [0, 0.05) is 38.8 Å². The lowest BCUT2D eigenvalue weighted by atomic mass is 9.86. The van der Waals surface area contributed by atoms with Gasteiger partial charge in [-0.3, -0.25) is 4.79 Å². The zero-order valence-electron chi connectivity index (χ0n) is 16.0. The lowest BCUT2D eigenvalue weighted by molar-refractivity contribution is -0.133. The number of nitrogens with zero attached hydrogens (tertiary/aromatic N) is 1. The van der Waals surface area contributed by atoms with E-state index in [4.69, 9.17) is 4.74 Å². The van der Waals surface area contributed by atoms with Crippen molar-refractivity contribution in [3.8, 4) is 5.75 Å². The minimum absolute atomic E-state index is 0.0456. The molecular weight excluding hydrogens is 314 g/mol. The maximum absolute atomic E-state index is 12.2. The number of rotatable bonds is 6. The summed E-state index contributed by atoms with van der Waals surface area (Å²) in [5, 5.41) is 0. The molecule has 1 aliphatic rings. The molecule has 0 aliphatic carbocycles. The first-order valence-electron chi connectivity index (χ1n) is 9.31. The first-order valence-corrected chi connectivity index (χ1v) is 9.31. The van der Waals surface area contributed by atoms with E-state index >= 15 is 0 Å². The number of likely N-dealkylation sites (tertiary alicyclic amines) is 1. The van der Waals surface area contributed by atoms with E-state index in [0.29, 0.717) is 19.3 Å². The highest BCUT2D eigenvalue weighted by Gasteiger charge is 2.25. The fourth-order valence-corrected chi connectivity index (χ4v) is 3.24. The predicted octanol–water partition coefficient (Wildman–Crippen LogP) is 4.11. The van der Waals surface area contributed by atoms with Crippen molar-refractivity contribution in [2.75, 3.05) is 13.1 Å². The molecule has 0 unspecified atom stereocenters. The van der Waals surface area contributed by atoms with Crippen molar-refractivity contribution >= 4 is 11.7 Å². The van der Waals surface area contributed by atoms with Gasteiger partial charge in [0.15, 0.2) is 0 Å². The topological polar surface area (TPSA) is 46.6 Å². The molecule has 1 fully saturated rings. The van der Waals surface area contributed by atoms with Gasteiger partial charge < -0.3 is 14.4 Å². The van der Waals surface area contributed by atoms with Crippen LogP contribution in [0.2, 0.25) is 0 Å². The lowest BCUT2D eigenvalue weighted by Gasteiger charge is -2.33. The van der Waals surface area contributed by atoms with Gasteiger partial charge in [-0.1, -0.05) is 39.0 Å². The van der Waals surface area contributed by atoms with Gasteiger partial charge in [0.25, 0.3) is 0 Å². The minimum atomic E-state index is 0.0456. The number of ketones is 1. The van der Waals surface area contributed by atoms with E-state index in [0.717, 1.165) is 31.7 Å². The molecule has 0 spiro atoms. The second-order valence-electron chi connectivity index (χ2n) is 8.00. The Balaban J connectivity index is 1.85. The number of carbonyl (C=O) groups is 2. The number of para-hydroxylation sites is 1. The first-order chi connectivity index (χ1) is 11.8. The van der Waals surface area contributed by atoms with Gasteiger partial charge >= 0.3 is 0 Å². The second-order valence-corrected chi connectivity index (χ2v) is 8.00. The summed E-state index contributed by atoms with van der Waals surface area (Å²) in [6.07, 6.45) is 3.49. The van der Waals surface area contributed by atoms with Crippen LogP contribution in [0.25, 0.3) is 0 Å². The van der Waals surface area contributed by atoms with E-state index in [1.165, 1.54) is 5.56 Å². The standard InChI is InChI=1S/C21H31NO3/c1-16(23)8-7-11-20(24)22-14-12-17(13-15-22)25-19-10-6-5-9-18(19)21(2,3)4/h5-6,9-10,17H,7-8,11-15H2,1-4H3. The number of benzene rings is 1. The van der Waals surface area contributed by atoms with Gasteiger partial charge in [0.2, 0.25) is 5.91 Å². The molecule has 1 aromatic rings. The highest BCUT2D eigenvalue weighted by molar-refractivity contribution is 5.78. The number of Topliss-reactive ketones (excluding diaryl/α,β-unsaturated/α-hetero) is 1. The number of carbonyl (C=O) groups excluding carboxylic acids is 2. The molecule has 25 heavy (non-hydrogen) atoms. The lowest BCUT2D eigenvalue weighted by Crippen LogP contribution is -2.41.